The van der Waals surface area contributed by atoms with E-state index in [1.807, 2.05) is 6.92 Å². The summed E-state index contributed by atoms with van der Waals surface area (Å²) < 4.78 is 4.98. The lowest BCUT2D eigenvalue weighted by Crippen LogP contribution is -2.31. The normalized spacial score (nSPS) is 16.5. The molecule has 1 amide bonds. The Hall–Kier alpha value is -2.02. The minimum atomic E-state index is -0.130. The van der Waals surface area contributed by atoms with Gasteiger partial charge < -0.3 is 9.64 Å². The van der Waals surface area contributed by atoms with Gasteiger partial charge in [-0.05, 0) is 38.2 Å². The molecule has 0 radical (unpaired) electrons. The fourth-order valence-corrected chi connectivity index (χ4v) is 4.15. The molecule has 24 heavy (non-hydrogen) atoms. The highest BCUT2D eigenvalue weighted by Gasteiger charge is 2.22. The molecule has 2 heterocycles. The lowest BCUT2D eigenvalue weighted by molar-refractivity contribution is 0.0745. The lowest BCUT2D eigenvalue weighted by atomic mass is 9.93. The van der Waals surface area contributed by atoms with E-state index < -0.39 is 0 Å². The van der Waals surface area contributed by atoms with E-state index in [1.165, 1.54) is 24.1 Å². The Balaban J connectivity index is 1.73. The summed E-state index contributed by atoms with van der Waals surface area (Å²) in [5, 5.41) is 8.83. The minimum Gasteiger partial charge on any atom is -0.480 e. The molecular formula is C17H22N4O2S. The monoisotopic (exact) mass is 346 g/mol. The van der Waals surface area contributed by atoms with E-state index in [9.17, 15) is 4.79 Å². The molecule has 0 N–H and O–H groups in total. The number of thiazole rings is 1. The van der Waals surface area contributed by atoms with Gasteiger partial charge in [0.05, 0.1) is 19.3 Å². The van der Waals surface area contributed by atoms with Crippen LogP contribution < -0.4 is 4.74 Å². The van der Waals surface area contributed by atoms with E-state index in [4.69, 9.17) is 9.72 Å². The SMILES string of the molecule is CCN(Cc1nc2c(s1)CC(C)CC2)C(=O)c1ccc(OC)nn1. The van der Waals surface area contributed by atoms with Crippen LogP contribution in [0.15, 0.2) is 12.1 Å². The molecule has 3 rings (SSSR count). The molecule has 2 aromatic rings. The van der Waals surface area contributed by atoms with Crippen LogP contribution >= 0.6 is 11.3 Å². The maximum absolute atomic E-state index is 12.6. The van der Waals surface area contributed by atoms with Crippen molar-refractivity contribution in [3.63, 3.8) is 0 Å². The Morgan fingerprint density at radius 2 is 2.25 bits per heavy atom. The number of amides is 1. The van der Waals surface area contributed by atoms with E-state index in [0.29, 0.717) is 24.7 Å². The topological polar surface area (TPSA) is 68.2 Å². The van der Waals surface area contributed by atoms with Gasteiger partial charge in [0.1, 0.15) is 5.01 Å². The third-order valence-corrected chi connectivity index (χ3v) is 5.40. The van der Waals surface area contributed by atoms with Gasteiger partial charge in [-0.1, -0.05) is 6.92 Å². The van der Waals surface area contributed by atoms with Crippen molar-refractivity contribution in [2.45, 2.75) is 39.7 Å². The minimum absolute atomic E-state index is 0.130. The van der Waals surface area contributed by atoms with Crippen LogP contribution in [0.2, 0.25) is 0 Å². The average molecular weight is 346 g/mol. The Morgan fingerprint density at radius 3 is 2.92 bits per heavy atom. The molecule has 2 aromatic heterocycles. The number of fused-ring (bicyclic) bond motifs is 1. The summed E-state index contributed by atoms with van der Waals surface area (Å²) in [6.45, 7) is 5.37. The van der Waals surface area contributed by atoms with Gasteiger partial charge in [0.2, 0.25) is 5.88 Å². The number of carbonyl (C=O) groups excluding carboxylic acids is 1. The Kier molecular flexibility index (Phi) is 5.08. The predicted octanol–water partition coefficient (Wildman–Crippen LogP) is 2.73. The highest BCUT2D eigenvalue weighted by Crippen LogP contribution is 2.30. The molecule has 0 fully saturated rings. The first-order valence-corrected chi connectivity index (χ1v) is 9.06. The molecule has 6 nitrogen and oxygen atoms in total. The van der Waals surface area contributed by atoms with Crippen LogP contribution in [-0.2, 0) is 19.4 Å². The van der Waals surface area contributed by atoms with Crippen LogP contribution in [0.4, 0.5) is 0 Å². The molecule has 0 spiro atoms. The number of nitrogens with zero attached hydrogens (tertiary/aromatic N) is 4. The van der Waals surface area contributed by atoms with Gasteiger partial charge in [-0.15, -0.1) is 21.5 Å². The fraction of sp³-hybridized carbons (Fsp3) is 0.529. The van der Waals surface area contributed by atoms with Crippen LogP contribution in [0, 0.1) is 5.92 Å². The second kappa shape index (κ2) is 7.25. The smallest absolute Gasteiger partial charge is 0.274 e. The van der Waals surface area contributed by atoms with E-state index in [2.05, 4.69) is 17.1 Å². The van der Waals surface area contributed by atoms with Gasteiger partial charge in [-0.3, -0.25) is 4.79 Å². The molecule has 7 heteroatoms. The second-order valence-electron chi connectivity index (χ2n) is 6.11. The predicted molar refractivity (Wildman–Crippen MR) is 92.3 cm³/mol. The summed E-state index contributed by atoms with van der Waals surface area (Å²) in [5.74, 6) is 0.995. The summed E-state index contributed by atoms with van der Waals surface area (Å²) >= 11 is 1.74. The summed E-state index contributed by atoms with van der Waals surface area (Å²) in [6, 6.07) is 3.29. The van der Waals surface area contributed by atoms with Crippen molar-refractivity contribution >= 4 is 17.2 Å². The number of hydrogen-bond acceptors (Lipinski definition) is 6. The zero-order chi connectivity index (χ0) is 17.1. The third kappa shape index (κ3) is 3.56. The maximum Gasteiger partial charge on any atom is 0.274 e. The molecule has 1 unspecified atom stereocenters. The van der Waals surface area contributed by atoms with Crippen molar-refractivity contribution in [2.24, 2.45) is 5.92 Å². The highest BCUT2D eigenvalue weighted by atomic mass is 32.1. The first-order valence-electron chi connectivity index (χ1n) is 8.25. The van der Waals surface area contributed by atoms with Crippen molar-refractivity contribution in [3.05, 3.63) is 33.4 Å². The molecule has 0 aliphatic heterocycles. The van der Waals surface area contributed by atoms with Crippen LogP contribution in [0.1, 0.15) is 46.3 Å². The van der Waals surface area contributed by atoms with Gasteiger partial charge >= 0.3 is 0 Å². The van der Waals surface area contributed by atoms with E-state index in [1.54, 1.807) is 28.4 Å². The van der Waals surface area contributed by atoms with Crippen LogP contribution in [0.3, 0.4) is 0 Å². The van der Waals surface area contributed by atoms with E-state index in [-0.39, 0.29) is 5.91 Å². The van der Waals surface area contributed by atoms with E-state index >= 15 is 0 Å². The molecule has 0 saturated heterocycles. The van der Waals surface area contributed by atoms with Crippen LogP contribution in [0.5, 0.6) is 5.88 Å². The van der Waals surface area contributed by atoms with Crippen molar-refractivity contribution in [3.8, 4) is 5.88 Å². The largest absolute Gasteiger partial charge is 0.480 e. The standard InChI is InChI=1S/C17H22N4O2S/c1-4-21(17(22)13-7-8-15(23-3)20-19-13)10-16-18-12-6-5-11(2)9-14(12)24-16/h7-8,11H,4-6,9-10H2,1-3H3. The molecule has 0 saturated carbocycles. The molecular weight excluding hydrogens is 324 g/mol. The molecule has 128 valence electrons. The summed E-state index contributed by atoms with van der Waals surface area (Å²) in [5.41, 5.74) is 1.55. The molecule has 0 aromatic carbocycles. The number of carbonyl (C=O) groups is 1. The Labute approximate surface area is 145 Å². The first kappa shape index (κ1) is 16.8. The van der Waals surface area contributed by atoms with Gasteiger partial charge in [0.25, 0.3) is 5.91 Å². The van der Waals surface area contributed by atoms with Crippen molar-refractivity contribution < 1.29 is 9.53 Å². The van der Waals surface area contributed by atoms with Gasteiger partial charge in [0.15, 0.2) is 5.69 Å². The quantitative estimate of drug-likeness (QED) is 0.833. The number of aryl methyl sites for hydroxylation is 1. The highest BCUT2D eigenvalue weighted by molar-refractivity contribution is 7.11. The number of rotatable bonds is 5. The summed E-state index contributed by atoms with van der Waals surface area (Å²) in [7, 11) is 1.52. The molecule has 1 aliphatic rings. The number of methoxy groups -OCH3 is 1. The second-order valence-corrected chi connectivity index (χ2v) is 7.27. The third-order valence-electron chi connectivity index (χ3n) is 4.29. The van der Waals surface area contributed by atoms with Crippen LogP contribution in [0.25, 0.3) is 0 Å². The van der Waals surface area contributed by atoms with Gasteiger partial charge in [0, 0.05) is 17.5 Å². The summed E-state index contributed by atoms with van der Waals surface area (Å²) in [6.07, 6.45) is 3.36. The summed E-state index contributed by atoms with van der Waals surface area (Å²) in [4.78, 5) is 20.5. The Bertz CT molecular complexity index is 714. The number of hydrogen-bond donors (Lipinski definition) is 0. The molecule has 0 bridgehead atoms. The van der Waals surface area contributed by atoms with E-state index in [0.717, 1.165) is 23.8 Å². The van der Waals surface area contributed by atoms with Crippen LogP contribution in [-0.4, -0.2) is 39.6 Å². The maximum atomic E-state index is 12.6. The average Bonchev–Trinajstić information content (AvgIpc) is 3.00. The molecule has 1 aliphatic carbocycles. The van der Waals surface area contributed by atoms with Gasteiger partial charge in [-0.25, -0.2) is 4.98 Å². The number of aromatic nitrogens is 3. The van der Waals surface area contributed by atoms with Crippen molar-refractivity contribution in [1.82, 2.24) is 20.1 Å². The Morgan fingerprint density at radius 1 is 1.42 bits per heavy atom. The zero-order valence-corrected chi connectivity index (χ0v) is 15.1. The first-order chi connectivity index (χ1) is 11.6. The fourth-order valence-electron chi connectivity index (χ4n) is 2.86. The van der Waals surface area contributed by atoms with Crippen molar-refractivity contribution in [1.29, 1.82) is 0 Å². The van der Waals surface area contributed by atoms with Gasteiger partial charge in [-0.2, -0.15) is 0 Å². The number of ether oxygens (including phenoxy) is 1. The molecule has 1 atom stereocenters. The zero-order valence-electron chi connectivity index (χ0n) is 14.3. The van der Waals surface area contributed by atoms with Crippen molar-refractivity contribution in [2.75, 3.05) is 13.7 Å². The lowest BCUT2D eigenvalue weighted by Gasteiger charge is -2.18.